The van der Waals surface area contributed by atoms with Crippen LogP contribution in [0.25, 0.3) is 11.1 Å². The number of nitrogens with one attached hydrogen (secondary N) is 1. The molecule has 2 aliphatic rings. The Morgan fingerprint density at radius 3 is 2.95 bits per heavy atom. The van der Waals surface area contributed by atoms with Crippen LogP contribution in [0.4, 0.5) is 0 Å². The van der Waals surface area contributed by atoms with Gasteiger partial charge in [-0.3, -0.25) is 0 Å². The molecule has 0 amide bonds. The summed E-state index contributed by atoms with van der Waals surface area (Å²) in [5, 5.41) is 14.1. The lowest BCUT2D eigenvalue weighted by Gasteiger charge is -2.35. The molecule has 0 saturated carbocycles. The smallest absolute Gasteiger partial charge is 0.135 e. The molecule has 2 N–H and O–H groups in total. The van der Waals surface area contributed by atoms with Gasteiger partial charge in [-0.1, -0.05) is 35.9 Å². The van der Waals surface area contributed by atoms with E-state index in [0.29, 0.717) is 11.1 Å². The Bertz CT molecular complexity index is 681. The maximum Gasteiger partial charge on any atom is 0.135 e. The van der Waals surface area contributed by atoms with E-state index in [1.54, 1.807) is 0 Å². The topological polar surface area (TPSA) is 32.3 Å². The minimum Gasteiger partial charge on any atom is -0.506 e. The van der Waals surface area contributed by atoms with Crippen molar-refractivity contribution in [3.63, 3.8) is 0 Å². The Balaban J connectivity index is 2.11. The summed E-state index contributed by atoms with van der Waals surface area (Å²) in [6.45, 7) is 0.959. The molecule has 4 rings (SSSR count). The minimum atomic E-state index is 0.202. The zero-order chi connectivity index (χ0) is 13.0. The Morgan fingerprint density at radius 2 is 2.05 bits per heavy atom. The number of phenols is 1. The van der Waals surface area contributed by atoms with Crippen molar-refractivity contribution in [2.45, 2.75) is 18.9 Å². The van der Waals surface area contributed by atoms with E-state index >= 15 is 0 Å². The van der Waals surface area contributed by atoms with Crippen LogP contribution in [-0.4, -0.2) is 11.7 Å². The quantitative estimate of drug-likeness (QED) is 0.769. The van der Waals surface area contributed by atoms with Crippen molar-refractivity contribution in [1.29, 1.82) is 0 Å². The van der Waals surface area contributed by atoms with Crippen molar-refractivity contribution in [3.05, 3.63) is 52.0 Å². The largest absolute Gasteiger partial charge is 0.506 e. The van der Waals surface area contributed by atoms with Gasteiger partial charge in [0.25, 0.3) is 0 Å². The molecule has 19 heavy (non-hydrogen) atoms. The molecule has 1 heterocycles. The summed E-state index contributed by atoms with van der Waals surface area (Å²) in [6.07, 6.45) is 1.95. The molecule has 2 nitrogen and oxygen atoms in total. The van der Waals surface area contributed by atoms with Gasteiger partial charge in [0.05, 0.1) is 5.02 Å². The van der Waals surface area contributed by atoms with Gasteiger partial charge in [-0.2, -0.15) is 0 Å². The van der Waals surface area contributed by atoms with Gasteiger partial charge in [-0.05, 0) is 47.7 Å². The first-order valence-electron chi connectivity index (χ1n) is 6.61. The Kier molecular flexibility index (Phi) is 2.38. The van der Waals surface area contributed by atoms with Crippen LogP contribution < -0.4 is 5.32 Å². The van der Waals surface area contributed by atoms with Gasteiger partial charge in [0.1, 0.15) is 5.75 Å². The number of hydrogen-bond donors (Lipinski definition) is 2. The molecule has 1 atom stereocenters. The molecule has 0 unspecified atom stereocenters. The maximum atomic E-state index is 10.1. The average molecular weight is 272 g/mol. The van der Waals surface area contributed by atoms with E-state index in [2.05, 4.69) is 23.5 Å². The Morgan fingerprint density at radius 1 is 1.21 bits per heavy atom. The molecule has 2 aromatic rings. The van der Waals surface area contributed by atoms with Crippen molar-refractivity contribution >= 4 is 11.6 Å². The van der Waals surface area contributed by atoms with Crippen molar-refractivity contribution in [2.75, 3.05) is 6.54 Å². The van der Waals surface area contributed by atoms with Gasteiger partial charge < -0.3 is 10.4 Å². The van der Waals surface area contributed by atoms with Crippen molar-refractivity contribution in [2.24, 2.45) is 0 Å². The molecule has 1 aliphatic heterocycles. The first kappa shape index (κ1) is 11.3. The highest BCUT2D eigenvalue weighted by atomic mass is 35.5. The number of rotatable bonds is 0. The molecule has 3 heteroatoms. The SMILES string of the molecule is Oc1cc2c3c(c1Cl)-c1ccccc1C[C@@H]3NCC2. The standard InChI is InChI=1S/C16H14ClNO/c17-16-13(19)8-10-5-6-18-12-7-9-3-1-2-4-11(9)15(16)14(10)12/h1-4,8,12,18-19H,5-7H2/t12-/m0/s1. The van der Waals surface area contributed by atoms with Crippen LogP contribution in [0.5, 0.6) is 5.75 Å². The van der Waals surface area contributed by atoms with E-state index < -0.39 is 0 Å². The van der Waals surface area contributed by atoms with E-state index in [0.717, 1.165) is 24.9 Å². The molecular formula is C16H14ClNO. The molecular weight excluding hydrogens is 258 g/mol. The zero-order valence-corrected chi connectivity index (χ0v) is 11.2. The van der Waals surface area contributed by atoms with Gasteiger partial charge in [-0.15, -0.1) is 0 Å². The third-order valence-electron chi connectivity index (χ3n) is 4.21. The highest BCUT2D eigenvalue weighted by Gasteiger charge is 2.31. The normalized spacial score (nSPS) is 19.7. The number of hydrogen-bond acceptors (Lipinski definition) is 2. The maximum absolute atomic E-state index is 10.1. The molecule has 0 spiro atoms. The van der Waals surface area contributed by atoms with Crippen LogP contribution >= 0.6 is 11.6 Å². The predicted octanol–water partition coefficient (Wildman–Crippen LogP) is 3.46. The fourth-order valence-electron chi connectivity index (χ4n) is 3.40. The molecule has 0 radical (unpaired) electrons. The van der Waals surface area contributed by atoms with Gasteiger partial charge >= 0.3 is 0 Å². The van der Waals surface area contributed by atoms with Gasteiger partial charge in [0.2, 0.25) is 0 Å². The summed E-state index contributed by atoms with van der Waals surface area (Å²) in [5.41, 5.74) is 6.01. The second-order valence-electron chi connectivity index (χ2n) is 5.28. The first-order valence-corrected chi connectivity index (χ1v) is 6.99. The molecule has 0 aromatic heterocycles. The fraction of sp³-hybridized carbons (Fsp3) is 0.250. The Hall–Kier alpha value is -1.51. The lowest BCUT2D eigenvalue weighted by Crippen LogP contribution is -2.33. The third-order valence-corrected chi connectivity index (χ3v) is 4.60. The zero-order valence-electron chi connectivity index (χ0n) is 10.4. The van der Waals surface area contributed by atoms with Crippen molar-refractivity contribution in [1.82, 2.24) is 5.32 Å². The van der Waals surface area contributed by atoms with Crippen LogP contribution in [-0.2, 0) is 12.8 Å². The highest BCUT2D eigenvalue weighted by molar-refractivity contribution is 6.35. The van der Waals surface area contributed by atoms with E-state index in [9.17, 15) is 5.11 Å². The molecule has 0 fully saturated rings. The highest BCUT2D eigenvalue weighted by Crippen LogP contribution is 2.48. The van der Waals surface area contributed by atoms with Crippen LogP contribution in [0.2, 0.25) is 5.02 Å². The molecule has 2 aromatic carbocycles. The second-order valence-corrected chi connectivity index (χ2v) is 5.65. The number of fused-ring (bicyclic) bond motifs is 2. The van der Waals surface area contributed by atoms with Crippen LogP contribution in [0.1, 0.15) is 22.7 Å². The number of aromatic hydroxyl groups is 1. The summed E-state index contributed by atoms with van der Waals surface area (Å²) in [7, 11) is 0. The van der Waals surface area contributed by atoms with E-state index in [4.69, 9.17) is 11.6 Å². The van der Waals surface area contributed by atoms with Gasteiger partial charge in [0, 0.05) is 11.6 Å². The van der Waals surface area contributed by atoms with Gasteiger partial charge in [0.15, 0.2) is 0 Å². The number of benzene rings is 2. The van der Waals surface area contributed by atoms with E-state index in [1.165, 1.54) is 22.3 Å². The van der Waals surface area contributed by atoms with Crippen molar-refractivity contribution < 1.29 is 5.11 Å². The third kappa shape index (κ3) is 1.54. The second kappa shape index (κ2) is 3.99. The minimum absolute atomic E-state index is 0.202. The number of halogens is 1. The van der Waals surface area contributed by atoms with Crippen molar-refractivity contribution in [3.8, 4) is 16.9 Å². The summed E-state index contributed by atoms with van der Waals surface area (Å²) in [6, 6.07) is 10.5. The lowest BCUT2D eigenvalue weighted by molar-refractivity contribution is 0.466. The summed E-state index contributed by atoms with van der Waals surface area (Å²) in [5.74, 6) is 0.202. The predicted molar refractivity (Wildman–Crippen MR) is 76.7 cm³/mol. The van der Waals surface area contributed by atoms with E-state index in [-0.39, 0.29) is 5.75 Å². The summed E-state index contributed by atoms with van der Waals surface area (Å²) < 4.78 is 0. The van der Waals surface area contributed by atoms with Crippen LogP contribution in [0, 0.1) is 0 Å². The van der Waals surface area contributed by atoms with E-state index in [1.807, 2.05) is 12.1 Å². The van der Waals surface area contributed by atoms with Crippen LogP contribution in [0.3, 0.4) is 0 Å². The molecule has 0 saturated heterocycles. The number of phenolic OH excluding ortho intramolecular Hbond substituents is 1. The van der Waals surface area contributed by atoms with Crippen LogP contribution in [0.15, 0.2) is 30.3 Å². The summed E-state index contributed by atoms with van der Waals surface area (Å²) in [4.78, 5) is 0. The lowest BCUT2D eigenvalue weighted by atomic mass is 9.78. The summed E-state index contributed by atoms with van der Waals surface area (Å²) >= 11 is 6.38. The molecule has 0 bridgehead atoms. The van der Waals surface area contributed by atoms with Gasteiger partial charge in [-0.25, -0.2) is 0 Å². The Labute approximate surface area is 117 Å². The monoisotopic (exact) mass is 271 g/mol. The molecule has 1 aliphatic carbocycles. The average Bonchev–Trinajstić information content (AvgIpc) is 2.43. The fourth-order valence-corrected chi connectivity index (χ4v) is 3.66. The first-order chi connectivity index (χ1) is 9.25. The molecule has 96 valence electrons.